The number of rotatable bonds is 5. The lowest BCUT2D eigenvalue weighted by molar-refractivity contribution is -0.103. The van der Waals surface area contributed by atoms with Crippen LogP contribution in [0.4, 0.5) is 0 Å². The van der Waals surface area contributed by atoms with Gasteiger partial charge in [0.05, 0.1) is 0 Å². The molecule has 0 aliphatic carbocycles. The van der Waals surface area contributed by atoms with E-state index in [0.717, 1.165) is 12.8 Å². The number of nitrogens with zero attached hydrogens (tertiary/aromatic N) is 1. The Morgan fingerprint density at radius 2 is 2.15 bits per heavy atom. The van der Waals surface area contributed by atoms with Crippen molar-refractivity contribution in [2.24, 2.45) is 11.1 Å². The van der Waals surface area contributed by atoms with Crippen LogP contribution in [-0.4, -0.2) is 17.2 Å². The average Bonchev–Trinajstić information content (AvgIpc) is 2.05. The zero-order valence-electron chi connectivity index (χ0n) is 8.45. The van der Waals surface area contributed by atoms with Crippen molar-refractivity contribution in [3.05, 3.63) is 11.6 Å². The van der Waals surface area contributed by atoms with Gasteiger partial charge in [-0.05, 0) is 26.7 Å². The van der Waals surface area contributed by atoms with Crippen LogP contribution in [0.3, 0.4) is 0 Å². The third kappa shape index (κ3) is 5.17. The highest BCUT2D eigenvalue weighted by molar-refractivity contribution is 6.28. The van der Waals surface area contributed by atoms with Crippen LogP contribution < -0.4 is 0 Å². The second-order valence-corrected chi connectivity index (χ2v) is 3.40. The zero-order valence-corrected chi connectivity index (χ0v) is 8.45. The molecule has 0 aromatic carbocycles. The second kappa shape index (κ2) is 6.40. The second-order valence-electron chi connectivity index (χ2n) is 3.40. The van der Waals surface area contributed by atoms with Gasteiger partial charge >= 0.3 is 0 Å². The lowest BCUT2D eigenvalue weighted by Gasteiger charge is -2.06. The Morgan fingerprint density at radius 3 is 2.54 bits per heavy atom. The number of hydrogen-bond donors (Lipinski definition) is 1. The summed E-state index contributed by atoms with van der Waals surface area (Å²) in [6, 6.07) is 0. The first-order valence-corrected chi connectivity index (χ1v) is 4.42. The lowest BCUT2D eigenvalue weighted by Crippen LogP contribution is -2.12. The summed E-state index contributed by atoms with van der Waals surface area (Å²) in [5, 5.41) is 11.4. The number of carbonyl (C=O) groups is 1. The summed E-state index contributed by atoms with van der Waals surface area (Å²) in [6.45, 7) is 5.94. The third-order valence-electron chi connectivity index (χ3n) is 1.89. The monoisotopic (exact) mass is 183 g/mol. The largest absolute Gasteiger partial charge is 0.411 e. The highest BCUT2D eigenvalue weighted by Crippen LogP contribution is 2.08. The Hall–Kier alpha value is -1.12. The molecular formula is C10H17NO2. The standard InChI is InChI=1S/C10H17NO2/c1-8(2)5-4-6-9(3)10(7-12)11-13/h5,7,9,13H,4,6H2,1-3H3/b11-10-. The van der Waals surface area contributed by atoms with Crippen molar-refractivity contribution in [1.29, 1.82) is 0 Å². The van der Waals surface area contributed by atoms with Gasteiger partial charge in [-0.3, -0.25) is 4.79 Å². The highest BCUT2D eigenvalue weighted by Gasteiger charge is 2.08. The van der Waals surface area contributed by atoms with Crippen LogP contribution in [0.1, 0.15) is 33.6 Å². The molecule has 1 N–H and O–H groups in total. The molecule has 0 heterocycles. The van der Waals surface area contributed by atoms with Gasteiger partial charge < -0.3 is 5.21 Å². The molecule has 0 aliphatic heterocycles. The van der Waals surface area contributed by atoms with Crippen LogP contribution in [0.25, 0.3) is 0 Å². The number of oxime groups is 1. The molecule has 74 valence electrons. The minimum atomic E-state index is 0.0260. The molecule has 0 aromatic rings. The lowest BCUT2D eigenvalue weighted by atomic mass is 10.00. The van der Waals surface area contributed by atoms with Crippen molar-refractivity contribution >= 4 is 12.0 Å². The summed E-state index contributed by atoms with van der Waals surface area (Å²) in [7, 11) is 0. The maximum atomic E-state index is 10.4. The van der Waals surface area contributed by atoms with Crippen molar-refractivity contribution in [2.75, 3.05) is 0 Å². The molecule has 0 saturated carbocycles. The Kier molecular flexibility index (Phi) is 5.85. The molecular weight excluding hydrogens is 166 g/mol. The first-order chi connectivity index (χ1) is 6.11. The van der Waals surface area contributed by atoms with E-state index in [1.165, 1.54) is 5.57 Å². The fourth-order valence-corrected chi connectivity index (χ4v) is 1.01. The van der Waals surface area contributed by atoms with E-state index in [4.69, 9.17) is 5.21 Å². The SMILES string of the molecule is CC(C)=CCCC(C)/C(C=O)=N\O. The molecule has 1 atom stereocenters. The number of hydrogen-bond acceptors (Lipinski definition) is 3. The molecule has 0 amide bonds. The zero-order chi connectivity index (χ0) is 10.3. The molecule has 1 unspecified atom stereocenters. The minimum Gasteiger partial charge on any atom is -0.411 e. The summed E-state index contributed by atoms with van der Waals surface area (Å²) in [6.07, 6.45) is 4.46. The summed E-state index contributed by atoms with van der Waals surface area (Å²) >= 11 is 0. The molecule has 0 aromatic heterocycles. The van der Waals surface area contributed by atoms with E-state index < -0.39 is 0 Å². The topological polar surface area (TPSA) is 49.7 Å². The Balaban J connectivity index is 3.94. The van der Waals surface area contributed by atoms with Gasteiger partial charge in [-0.25, -0.2) is 0 Å². The van der Waals surface area contributed by atoms with Crippen molar-refractivity contribution < 1.29 is 10.0 Å². The van der Waals surface area contributed by atoms with Gasteiger partial charge in [0, 0.05) is 5.92 Å². The molecule has 3 heteroatoms. The van der Waals surface area contributed by atoms with Crippen LogP contribution in [0, 0.1) is 5.92 Å². The first-order valence-electron chi connectivity index (χ1n) is 4.42. The van der Waals surface area contributed by atoms with Crippen molar-refractivity contribution in [3.63, 3.8) is 0 Å². The van der Waals surface area contributed by atoms with Crippen LogP contribution in [0.5, 0.6) is 0 Å². The van der Waals surface area contributed by atoms with Crippen molar-refractivity contribution in [3.8, 4) is 0 Å². The third-order valence-corrected chi connectivity index (χ3v) is 1.89. The maximum Gasteiger partial charge on any atom is 0.167 e. The molecule has 0 saturated heterocycles. The molecule has 0 spiro atoms. The Morgan fingerprint density at radius 1 is 1.54 bits per heavy atom. The van der Waals surface area contributed by atoms with Crippen LogP contribution in [0.15, 0.2) is 16.8 Å². The Bertz CT molecular complexity index is 215. The molecule has 13 heavy (non-hydrogen) atoms. The fraction of sp³-hybridized carbons (Fsp3) is 0.600. The van der Waals surface area contributed by atoms with Crippen molar-refractivity contribution in [1.82, 2.24) is 0 Å². The van der Waals surface area contributed by atoms with Gasteiger partial charge in [0.2, 0.25) is 0 Å². The van der Waals surface area contributed by atoms with Gasteiger partial charge in [0.1, 0.15) is 5.71 Å². The summed E-state index contributed by atoms with van der Waals surface area (Å²) in [4.78, 5) is 10.4. The van der Waals surface area contributed by atoms with Gasteiger partial charge in [-0.2, -0.15) is 0 Å². The molecule has 0 radical (unpaired) electrons. The van der Waals surface area contributed by atoms with E-state index >= 15 is 0 Å². The smallest absolute Gasteiger partial charge is 0.167 e. The molecule has 0 aliphatic rings. The predicted octanol–water partition coefficient (Wildman–Crippen LogP) is 2.40. The maximum absolute atomic E-state index is 10.4. The molecule has 0 rings (SSSR count). The Labute approximate surface area is 79.1 Å². The summed E-state index contributed by atoms with van der Waals surface area (Å²) < 4.78 is 0. The van der Waals surface area contributed by atoms with E-state index in [1.54, 1.807) is 0 Å². The van der Waals surface area contributed by atoms with E-state index in [1.807, 2.05) is 20.8 Å². The van der Waals surface area contributed by atoms with Crippen LogP contribution in [0.2, 0.25) is 0 Å². The number of carbonyl (C=O) groups excluding carboxylic acids is 1. The molecule has 0 bridgehead atoms. The first kappa shape index (κ1) is 11.9. The summed E-state index contributed by atoms with van der Waals surface area (Å²) in [5.41, 5.74) is 1.49. The van der Waals surface area contributed by atoms with Gasteiger partial charge in [0.15, 0.2) is 6.29 Å². The molecule has 0 fully saturated rings. The number of aldehydes is 1. The minimum absolute atomic E-state index is 0.0260. The van der Waals surface area contributed by atoms with E-state index in [9.17, 15) is 4.79 Å². The van der Waals surface area contributed by atoms with Gasteiger partial charge in [-0.1, -0.05) is 23.7 Å². The van der Waals surface area contributed by atoms with Gasteiger partial charge in [0.25, 0.3) is 0 Å². The van der Waals surface area contributed by atoms with Gasteiger partial charge in [-0.15, -0.1) is 0 Å². The van der Waals surface area contributed by atoms with E-state index in [0.29, 0.717) is 6.29 Å². The van der Waals surface area contributed by atoms with Crippen LogP contribution in [-0.2, 0) is 4.79 Å². The predicted molar refractivity (Wildman–Crippen MR) is 53.1 cm³/mol. The normalized spacial score (nSPS) is 13.6. The highest BCUT2D eigenvalue weighted by atomic mass is 16.4. The van der Waals surface area contributed by atoms with E-state index in [2.05, 4.69) is 11.2 Å². The van der Waals surface area contributed by atoms with Crippen LogP contribution >= 0.6 is 0 Å². The fourth-order valence-electron chi connectivity index (χ4n) is 1.01. The van der Waals surface area contributed by atoms with E-state index in [-0.39, 0.29) is 11.6 Å². The van der Waals surface area contributed by atoms with Crippen molar-refractivity contribution in [2.45, 2.75) is 33.6 Å². The quantitative estimate of drug-likeness (QED) is 0.234. The molecule has 3 nitrogen and oxygen atoms in total. The summed E-state index contributed by atoms with van der Waals surface area (Å²) in [5.74, 6) is 0.0260. The average molecular weight is 183 g/mol. The number of allylic oxidation sites excluding steroid dienone is 2.